The Kier molecular flexibility index (Phi) is 5.94. The molecule has 7 heteroatoms. The predicted molar refractivity (Wildman–Crippen MR) is 69.9 cm³/mol. The normalized spacial score (nSPS) is 14.4. The van der Waals surface area contributed by atoms with E-state index in [0.29, 0.717) is 0 Å². The summed E-state index contributed by atoms with van der Waals surface area (Å²) < 4.78 is 10.3. The zero-order chi connectivity index (χ0) is 12.8. The molecule has 4 nitrogen and oxygen atoms in total. The van der Waals surface area contributed by atoms with Crippen molar-refractivity contribution in [2.75, 3.05) is 24.5 Å². The zero-order valence-corrected chi connectivity index (χ0v) is 11.5. The van der Waals surface area contributed by atoms with Gasteiger partial charge >= 0.3 is 11.9 Å². The van der Waals surface area contributed by atoms with E-state index in [0.717, 1.165) is 15.7 Å². The summed E-state index contributed by atoms with van der Waals surface area (Å²) in [6, 6.07) is 0. The Hall–Kier alpha value is -0.590. The van der Waals surface area contributed by atoms with Crippen LogP contribution in [-0.2, 0) is 19.1 Å². The summed E-state index contributed by atoms with van der Waals surface area (Å²) in [6.45, 7) is 3.57. The van der Waals surface area contributed by atoms with Crippen LogP contribution in [0.15, 0.2) is 22.1 Å². The topological polar surface area (TPSA) is 52.6 Å². The number of hydrogen-bond acceptors (Lipinski definition) is 6. The van der Waals surface area contributed by atoms with Crippen molar-refractivity contribution in [3.05, 3.63) is 22.1 Å². The lowest BCUT2D eigenvalue weighted by atomic mass is 10.3. The van der Waals surface area contributed by atoms with Crippen LogP contribution >= 0.6 is 35.1 Å². The van der Waals surface area contributed by atoms with Crippen molar-refractivity contribution in [2.24, 2.45) is 0 Å². The number of halogens is 1. The van der Waals surface area contributed by atoms with Crippen molar-refractivity contribution in [1.29, 1.82) is 0 Å². The van der Waals surface area contributed by atoms with E-state index in [4.69, 9.17) is 16.3 Å². The van der Waals surface area contributed by atoms with E-state index in [9.17, 15) is 9.59 Å². The van der Waals surface area contributed by atoms with Crippen LogP contribution in [0, 0.1) is 0 Å². The van der Waals surface area contributed by atoms with Crippen molar-refractivity contribution in [1.82, 2.24) is 0 Å². The fourth-order valence-corrected chi connectivity index (χ4v) is 3.69. The molecule has 0 amide bonds. The molecule has 0 saturated carbocycles. The number of thioether (sulfide) groups is 2. The minimum absolute atomic E-state index is 0.0144. The maximum absolute atomic E-state index is 11.6. The second kappa shape index (κ2) is 6.98. The van der Waals surface area contributed by atoms with Crippen LogP contribution in [0.4, 0.5) is 0 Å². The molecule has 1 rings (SSSR count). The maximum Gasteiger partial charge on any atom is 0.343 e. The van der Waals surface area contributed by atoms with E-state index < -0.39 is 11.9 Å². The second-order valence-corrected chi connectivity index (χ2v) is 5.62. The highest BCUT2D eigenvalue weighted by Crippen LogP contribution is 2.40. The number of carbonyl (C=O) groups excluding carboxylic acids is 2. The third-order valence-corrected chi connectivity index (χ3v) is 4.70. The Bertz CT molecular complexity index is 371. The van der Waals surface area contributed by atoms with Gasteiger partial charge in [0.25, 0.3) is 0 Å². The Labute approximate surface area is 113 Å². The molecule has 0 aliphatic carbocycles. The smallest absolute Gasteiger partial charge is 0.343 e. The van der Waals surface area contributed by atoms with Crippen LogP contribution in [0.5, 0.6) is 0 Å². The van der Waals surface area contributed by atoms with Crippen LogP contribution in [0.2, 0.25) is 0 Å². The van der Waals surface area contributed by atoms with Gasteiger partial charge in [0.1, 0.15) is 17.2 Å². The van der Waals surface area contributed by atoms with Gasteiger partial charge in [-0.25, -0.2) is 4.79 Å². The van der Waals surface area contributed by atoms with E-state index in [1.807, 2.05) is 0 Å². The number of carbonyl (C=O) groups is 2. The third kappa shape index (κ3) is 3.97. The van der Waals surface area contributed by atoms with Gasteiger partial charge in [0.15, 0.2) is 0 Å². The summed E-state index contributed by atoms with van der Waals surface area (Å²) in [5.74, 6) is 0.290. The Morgan fingerprint density at radius 2 is 2.00 bits per heavy atom. The number of hydrogen-bond donors (Lipinski definition) is 0. The lowest BCUT2D eigenvalue weighted by Gasteiger charge is -2.10. The van der Waals surface area contributed by atoms with Gasteiger partial charge in [0.05, 0.1) is 11.3 Å². The fourth-order valence-electron chi connectivity index (χ4n) is 1.08. The number of ether oxygens (including phenoxy) is 2. The van der Waals surface area contributed by atoms with Crippen molar-refractivity contribution in [3.8, 4) is 0 Å². The lowest BCUT2D eigenvalue weighted by molar-refractivity contribution is -0.138. The molecule has 1 aliphatic heterocycles. The number of methoxy groups -OCH3 is 1. The van der Waals surface area contributed by atoms with E-state index >= 15 is 0 Å². The average Bonchev–Trinajstić information content (AvgIpc) is 2.82. The monoisotopic (exact) mass is 294 g/mol. The average molecular weight is 295 g/mol. The van der Waals surface area contributed by atoms with Crippen molar-refractivity contribution >= 4 is 47.1 Å². The third-order valence-electron chi connectivity index (χ3n) is 1.77. The van der Waals surface area contributed by atoms with Gasteiger partial charge in [-0.2, -0.15) is 0 Å². The molecular formula is C10H11ClO4S2. The standard InChI is InChI=1S/C10H11ClO4S2/c1-6(15-7(12)5-11)8(9(13)14-2)10-16-3-4-17-10/h1,3-5H2,2H3. The van der Waals surface area contributed by atoms with Crippen molar-refractivity contribution in [3.63, 3.8) is 0 Å². The highest BCUT2D eigenvalue weighted by molar-refractivity contribution is 8.25. The summed E-state index contributed by atoms with van der Waals surface area (Å²) >= 11 is 8.34. The summed E-state index contributed by atoms with van der Waals surface area (Å²) in [5.41, 5.74) is 0.207. The molecule has 1 aliphatic rings. The van der Waals surface area contributed by atoms with Crippen LogP contribution in [0.25, 0.3) is 0 Å². The van der Waals surface area contributed by atoms with Gasteiger partial charge in [-0.05, 0) is 0 Å². The number of esters is 2. The minimum atomic E-state index is -0.647. The van der Waals surface area contributed by atoms with E-state index in [1.54, 1.807) is 0 Å². The first kappa shape index (κ1) is 14.5. The molecule has 0 aromatic heterocycles. The number of rotatable bonds is 4. The minimum Gasteiger partial charge on any atom is -0.465 e. The van der Waals surface area contributed by atoms with Gasteiger partial charge in [0.2, 0.25) is 0 Å². The molecule has 0 radical (unpaired) electrons. The lowest BCUT2D eigenvalue weighted by Crippen LogP contribution is -2.13. The molecule has 94 valence electrons. The highest BCUT2D eigenvalue weighted by atomic mass is 35.5. The maximum atomic E-state index is 11.6. The van der Waals surface area contributed by atoms with Crippen molar-refractivity contribution in [2.45, 2.75) is 0 Å². The molecule has 17 heavy (non-hydrogen) atoms. The molecule has 0 N–H and O–H groups in total. The van der Waals surface area contributed by atoms with Gasteiger partial charge in [-0.15, -0.1) is 35.1 Å². The van der Waals surface area contributed by atoms with Crippen molar-refractivity contribution < 1.29 is 19.1 Å². The molecule has 0 unspecified atom stereocenters. The van der Waals surface area contributed by atoms with Gasteiger partial charge in [-0.1, -0.05) is 6.58 Å². The molecule has 0 aromatic carbocycles. The molecule has 1 saturated heterocycles. The molecule has 0 spiro atoms. The van der Waals surface area contributed by atoms with Crippen LogP contribution in [0.1, 0.15) is 0 Å². The quantitative estimate of drug-likeness (QED) is 0.343. The summed E-state index contributed by atoms with van der Waals surface area (Å²) in [7, 11) is 1.27. The molecule has 0 bridgehead atoms. The number of alkyl halides is 1. The van der Waals surface area contributed by atoms with Gasteiger partial charge in [-0.3, -0.25) is 4.79 Å². The fraction of sp³-hybridized carbons (Fsp3) is 0.400. The summed E-state index contributed by atoms with van der Waals surface area (Å²) in [4.78, 5) is 22.7. The van der Waals surface area contributed by atoms with Crippen LogP contribution in [-0.4, -0.2) is 36.4 Å². The van der Waals surface area contributed by atoms with Crippen LogP contribution < -0.4 is 0 Å². The molecule has 0 atom stereocenters. The van der Waals surface area contributed by atoms with Gasteiger partial charge in [0, 0.05) is 11.5 Å². The molecule has 0 aromatic rings. The van der Waals surface area contributed by atoms with Gasteiger partial charge < -0.3 is 9.47 Å². The Balaban J connectivity index is 2.91. The van der Waals surface area contributed by atoms with E-state index in [2.05, 4.69) is 11.3 Å². The predicted octanol–water partition coefficient (Wildman–Crippen LogP) is 2.15. The first-order chi connectivity index (χ1) is 8.10. The molecule has 1 heterocycles. The molecular weight excluding hydrogens is 284 g/mol. The SMILES string of the molecule is C=C(OC(=O)CCl)C(C(=O)OC)=C1SCCS1. The second-order valence-electron chi connectivity index (χ2n) is 2.88. The zero-order valence-electron chi connectivity index (χ0n) is 9.16. The Morgan fingerprint density at radius 1 is 1.41 bits per heavy atom. The van der Waals surface area contributed by atoms with Crippen LogP contribution in [0.3, 0.4) is 0 Å². The Morgan fingerprint density at radius 3 is 2.47 bits per heavy atom. The summed E-state index contributed by atoms with van der Waals surface area (Å²) in [5, 5.41) is 0. The molecule has 1 fully saturated rings. The first-order valence-electron chi connectivity index (χ1n) is 4.64. The highest BCUT2D eigenvalue weighted by Gasteiger charge is 2.25. The van der Waals surface area contributed by atoms with E-state index in [-0.39, 0.29) is 17.2 Å². The summed E-state index contributed by atoms with van der Waals surface area (Å²) in [6.07, 6.45) is 0. The first-order valence-corrected chi connectivity index (χ1v) is 7.14. The largest absolute Gasteiger partial charge is 0.465 e. The van der Waals surface area contributed by atoms with E-state index in [1.165, 1.54) is 30.6 Å².